The van der Waals surface area contributed by atoms with E-state index >= 15 is 0 Å². The van der Waals surface area contributed by atoms with Gasteiger partial charge in [0, 0.05) is 39.5 Å². The quantitative estimate of drug-likeness (QED) is 0.0703. The highest BCUT2D eigenvalue weighted by atomic mass is 16.3. The van der Waals surface area contributed by atoms with Crippen molar-refractivity contribution in [1.82, 2.24) is 31.1 Å². The summed E-state index contributed by atoms with van der Waals surface area (Å²) in [7, 11) is 1.44. The zero-order valence-corrected chi connectivity index (χ0v) is 32.0. The molecule has 2 heterocycles. The summed E-state index contributed by atoms with van der Waals surface area (Å²) in [6.45, 7) is 0.508. The van der Waals surface area contributed by atoms with Gasteiger partial charge in [-0.25, -0.2) is 4.79 Å². The molecular weight excluding hydrogens is 733 g/mol. The lowest BCUT2D eigenvalue weighted by atomic mass is 9.99. The molecule has 2 fully saturated rings. The van der Waals surface area contributed by atoms with Crippen molar-refractivity contribution in [2.75, 3.05) is 26.7 Å². The first-order valence-electron chi connectivity index (χ1n) is 19.1. The van der Waals surface area contributed by atoms with Crippen LogP contribution in [0, 0.1) is 0 Å². The molecule has 3 aromatic rings. The number of urea groups is 1. The molecule has 17 heteroatoms. The number of primary amides is 1. The maximum atomic E-state index is 14.6. The summed E-state index contributed by atoms with van der Waals surface area (Å²) in [6, 6.07) is 13.3. The van der Waals surface area contributed by atoms with Gasteiger partial charge in [0.15, 0.2) is 5.96 Å². The molecule has 17 nitrogen and oxygen atoms in total. The Bertz CT molecular complexity index is 1970. The lowest BCUT2D eigenvalue weighted by molar-refractivity contribution is -0.144. The van der Waals surface area contributed by atoms with Crippen LogP contribution in [0.15, 0.2) is 71.7 Å². The fourth-order valence-electron chi connectivity index (χ4n) is 7.36. The topological polar surface area (TPSA) is 268 Å². The largest absolute Gasteiger partial charge is 0.508 e. The summed E-state index contributed by atoms with van der Waals surface area (Å²) in [5.74, 6) is -3.07. The van der Waals surface area contributed by atoms with Gasteiger partial charge in [-0.3, -0.25) is 29.0 Å². The molecule has 0 aromatic heterocycles. The van der Waals surface area contributed by atoms with E-state index in [-0.39, 0.29) is 69.9 Å². The summed E-state index contributed by atoms with van der Waals surface area (Å²) < 4.78 is 0. The Morgan fingerprint density at radius 2 is 1.46 bits per heavy atom. The van der Waals surface area contributed by atoms with E-state index in [9.17, 15) is 33.9 Å². The molecule has 2 aliphatic heterocycles. The minimum atomic E-state index is -1.19. The maximum absolute atomic E-state index is 14.6. The first-order valence-corrected chi connectivity index (χ1v) is 19.1. The predicted molar refractivity (Wildman–Crippen MR) is 213 cm³/mol. The molecule has 3 aromatic carbocycles. The fraction of sp³-hybridized carbons (Fsp3) is 0.425. The van der Waals surface area contributed by atoms with E-state index < -0.39 is 65.8 Å². The van der Waals surface area contributed by atoms with E-state index in [1.165, 1.54) is 29.0 Å². The minimum absolute atomic E-state index is 0.00336. The molecular formula is C40H52N10O7. The first-order chi connectivity index (χ1) is 27.3. The number of guanidine groups is 1. The van der Waals surface area contributed by atoms with Gasteiger partial charge >= 0.3 is 6.03 Å². The number of likely N-dealkylation sites (N-methyl/N-ethyl adjacent to an activating group) is 1. The van der Waals surface area contributed by atoms with Gasteiger partial charge < -0.3 is 53.4 Å². The van der Waals surface area contributed by atoms with E-state index in [2.05, 4.69) is 26.3 Å². The van der Waals surface area contributed by atoms with Crippen molar-refractivity contribution in [3.63, 3.8) is 0 Å². The van der Waals surface area contributed by atoms with Gasteiger partial charge in [-0.1, -0.05) is 54.6 Å². The van der Waals surface area contributed by atoms with Crippen molar-refractivity contribution in [3.8, 4) is 5.75 Å². The maximum Gasteiger partial charge on any atom is 0.312 e. The molecule has 0 spiro atoms. The summed E-state index contributed by atoms with van der Waals surface area (Å²) >= 11 is 0. The highest BCUT2D eigenvalue weighted by Gasteiger charge is 2.41. The van der Waals surface area contributed by atoms with Crippen molar-refractivity contribution in [3.05, 3.63) is 77.9 Å². The van der Waals surface area contributed by atoms with Crippen molar-refractivity contribution in [1.29, 1.82) is 0 Å². The second-order valence-electron chi connectivity index (χ2n) is 14.5. The van der Waals surface area contributed by atoms with Crippen LogP contribution < -0.4 is 38.5 Å². The van der Waals surface area contributed by atoms with Crippen LogP contribution in [0.25, 0.3) is 10.8 Å². The second-order valence-corrected chi connectivity index (χ2v) is 14.5. The number of rotatable bonds is 12. The average molecular weight is 785 g/mol. The molecule has 0 saturated carbocycles. The highest BCUT2D eigenvalue weighted by Crippen LogP contribution is 2.23. The van der Waals surface area contributed by atoms with Crippen molar-refractivity contribution < 1.29 is 33.9 Å². The number of nitrogens with zero attached hydrogens (tertiary/aromatic N) is 3. The van der Waals surface area contributed by atoms with Crippen LogP contribution in [-0.4, -0.2) is 113 Å². The monoisotopic (exact) mass is 784 g/mol. The number of phenolic OH excluding ortho intramolecular Hbond substituents is 1. The molecule has 2 aliphatic rings. The van der Waals surface area contributed by atoms with Gasteiger partial charge in [-0.05, 0) is 72.6 Å². The van der Waals surface area contributed by atoms with Crippen LogP contribution in [-0.2, 0) is 36.8 Å². The van der Waals surface area contributed by atoms with Gasteiger partial charge in [-0.15, -0.1) is 0 Å². The van der Waals surface area contributed by atoms with Gasteiger partial charge in [0.2, 0.25) is 29.5 Å². The van der Waals surface area contributed by atoms with E-state index in [1.807, 2.05) is 42.5 Å². The van der Waals surface area contributed by atoms with Gasteiger partial charge in [0.25, 0.3) is 0 Å². The first kappa shape index (κ1) is 41.8. The number of aromatic hydroxyl groups is 1. The normalized spacial score (nSPS) is 22.1. The summed E-state index contributed by atoms with van der Waals surface area (Å²) in [5.41, 5.74) is 17.7. The molecule has 11 N–H and O–H groups in total. The van der Waals surface area contributed by atoms with Crippen molar-refractivity contribution in [2.45, 2.75) is 81.6 Å². The average Bonchev–Trinajstić information content (AvgIpc) is 3.68. The second kappa shape index (κ2) is 19.5. The van der Waals surface area contributed by atoms with E-state index in [0.29, 0.717) is 18.4 Å². The van der Waals surface area contributed by atoms with Gasteiger partial charge in [0.05, 0.1) is 0 Å². The Labute approximate surface area is 330 Å². The number of benzene rings is 3. The highest BCUT2D eigenvalue weighted by molar-refractivity contribution is 5.98. The molecule has 0 radical (unpaired) electrons. The number of carbonyl (C=O) groups excluding carboxylic acids is 6. The zero-order chi connectivity index (χ0) is 41.1. The van der Waals surface area contributed by atoms with Crippen LogP contribution >= 0.6 is 0 Å². The SMILES string of the molecule is CN1C(=O)[C@H](CCCN=C(N)N)NC(=O)[C@@H](Cc2ccc(O)cc2)NC(=O)[C@@H]2CCCN2C(=O)[C@H](Cc2ccc3ccccc3c2)NC(=O)[C@@H]1CCCNC(N)=O. The number of nitrogens with one attached hydrogen (secondary N) is 4. The number of hydrogen-bond donors (Lipinski definition) is 8. The number of carbonyl (C=O) groups is 6. The lowest BCUT2D eigenvalue weighted by Gasteiger charge is -2.33. The number of aliphatic imine (C=N–C) groups is 1. The van der Waals surface area contributed by atoms with Crippen molar-refractivity contribution in [2.24, 2.45) is 22.2 Å². The molecule has 57 heavy (non-hydrogen) atoms. The van der Waals surface area contributed by atoms with Crippen LogP contribution in [0.5, 0.6) is 5.75 Å². The minimum Gasteiger partial charge on any atom is -0.508 e. The van der Waals surface area contributed by atoms with Crippen LogP contribution in [0.1, 0.15) is 49.7 Å². The summed E-state index contributed by atoms with van der Waals surface area (Å²) in [4.78, 5) is 89.8. The molecule has 2 saturated heterocycles. The third-order valence-electron chi connectivity index (χ3n) is 10.3. The molecule has 0 unspecified atom stereocenters. The number of nitrogens with two attached hydrogens (primary N) is 3. The zero-order valence-electron chi connectivity index (χ0n) is 32.0. The fourth-order valence-corrected chi connectivity index (χ4v) is 7.36. The molecule has 5 atom stereocenters. The number of hydrogen-bond acceptors (Lipinski definition) is 8. The number of phenols is 1. The summed E-state index contributed by atoms with van der Waals surface area (Å²) in [5, 5.41) is 22.9. The summed E-state index contributed by atoms with van der Waals surface area (Å²) in [6.07, 6.45) is 1.58. The molecule has 0 bridgehead atoms. The lowest BCUT2D eigenvalue weighted by Crippen LogP contribution is -2.58. The number of amides is 7. The Morgan fingerprint density at radius 3 is 2.18 bits per heavy atom. The van der Waals surface area contributed by atoms with Crippen molar-refractivity contribution >= 4 is 52.3 Å². The van der Waals surface area contributed by atoms with Gasteiger partial charge in [0.1, 0.15) is 36.0 Å². The third-order valence-corrected chi connectivity index (χ3v) is 10.3. The smallest absolute Gasteiger partial charge is 0.312 e. The Balaban J connectivity index is 1.55. The molecule has 5 rings (SSSR count). The number of fused-ring (bicyclic) bond motifs is 2. The van der Waals surface area contributed by atoms with E-state index in [4.69, 9.17) is 17.2 Å². The Morgan fingerprint density at radius 1 is 0.789 bits per heavy atom. The van der Waals surface area contributed by atoms with E-state index in [0.717, 1.165) is 16.3 Å². The Hall–Kier alpha value is -6.39. The van der Waals surface area contributed by atoms with E-state index in [1.54, 1.807) is 12.1 Å². The predicted octanol–water partition coefficient (Wildman–Crippen LogP) is 0.119. The van der Waals surface area contributed by atoms with Crippen LogP contribution in [0.3, 0.4) is 0 Å². The molecule has 7 amide bonds. The van der Waals surface area contributed by atoms with Crippen LogP contribution in [0.2, 0.25) is 0 Å². The molecule has 304 valence electrons. The van der Waals surface area contributed by atoms with Gasteiger partial charge in [-0.2, -0.15) is 0 Å². The Kier molecular flexibility index (Phi) is 14.3. The molecule has 0 aliphatic carbocycles. The van der Waals surface area contributed by atoms with Crippen LogP contribution in [0.4, 0.5) is 4.79 Å². The standard InChI is InChI=1S/C40H52N10O7/c1-49-32(10-5-19-45-40(43)57)35(53)48-31(23-25-12-15-26-7-2-3-8-27(26)21-25)38(56)50-20-6-11-33(50)36(54)47-30(22-24-13-16-28(51)17-14-24)34(52)46-29(37(49)55)9-4-18-44-39(41)42/h2-3,7-8,12-17,21,29-33,51H,4-6,9-11,18-20,22-23H2,1H3,(H,46,52)(H,47,54)(H,48,53)(H4,41,42,44)(H3,43,45,57)/t29-,30+,31-,32-,33-/m0/s1. The third kappa shape index (κ3) is 11.3.